The average molecular weight is 359 g/mol. The second-order valence-corrected chi connectivity index (χ2v) is 6.33. The van der Waals surface area contributed by atoms with E-state index in [2.05, 4.69) is 5.32 Å². The molecule has 0 unspecified atom stereocenters. The minimum absolute atomic E-state index is 0.00243. The first-order valence-electron chi connectivity index (χ1n) is 8.11. The van der Waals surface area contributed by atoms with Gasteiger partial charge in [0, 0.05) is 18.0 Å². The summed E-state index contributed by atoms with van der Waals surface area (Å²) in [5, 5.41) is 3.57. The van der Waals surface area contributed by atoms with Crippen molar-refractivity contribution >= 4 is 29.1 Å². The zero-order valence-electron chi connectivity index (χ0n) is 13.9. The Hall–Kier alpha value is -2.53. The number of hydrogen-bond acceptors (Lipinski definition) is 3. The summed E-state index contributed by atoms with van der Waals surface area (Å²) in [6, 6.07) is 14.6. The molecule has 1 aliphatic rings. The molecule has 1 aliphatic heterocycles. The lowest BCUT2D eigenvalue weighted by molar-refractivity contribution is -0.122. The van der Waals surface area contributed by atoms with Gasteiger partial charge in [-0.1, -0.05) is 35.9 Å². The molecule has 2 aromatic carbocycles. The molecular weight excluding hydrogens is 340 g/mol. The molecule has 0 saturated carbocycles. The third-order valence-electron chi connectivity index (χ3n) is 4.10. The van der Waals surface area contributed by atoms with Crippen molar-refractivity contribution in [1.29, 1.82) is 0 Å². The quantitative estimate of drug-likeness (QED) is 0.891. The SMILES string of the molecule is C[C@@H](NC(=O)CCN1C(=O)COc2ccccc21)c1cccc(Cl)c1. The lowest BCUT2D eigenvalue weighted by Gasteiger charge is -2.29. The molecule has 0 bridgehead atoms. The second-order valence-electron chi connectivity index (χ2n) is 5.90. The van der Waals surface area contributed by atoms with Gasteiger partial charge < -0.3 is 15.0 Å². The minimum atomic E-state index is -0.154. The van der Waals surface area contributed by atoms with E-state index < -0.39 is 0 Å². The Morgan fingerprint density at radius 2 is 2.08 bits per heavy atom. The molecule has 25 heavy (non-hydrogen) atoms. The fourth-order valence-electron chi connectivity index (χ4n) is 2.79. The van der Waals surface area contributed by atoms with E-state index in [0.29, 0.717) is 23.0 Å². The number of para-hydroxylation sites is 2. The third kappa shape index (κ3) is 4.12. The molecule has 0 aliphatic carbocycles. The highest BCUT2D eigenvalue weighted by Crippen LogP contribution is 2.31. The normalized spacial score (nSPS) is 14.5. The Morgan fingerprint density at radius 1 is 1.28 bits per heavy atom. The fourth-order valence-corrected chi connectivity index (χ4v) is 2.98. The standard InChI is InChI=1S/C19H19ClN2O3/c1-13(14-5-4-6-15(20)11-14)21-18(23)9-10-22-16-7-2-3-8-17(16)25-12-19(22)24/h2-8,11,13H,9-10,12H2,1H3,(H,21,23)/t13-/m1/s1. The maximum absolute atomic E-state index is 12.3. The van der Waals surface area contributed by atoms with Crippen LogP contribution in [-0.4, -0.2) is 25.0 Å². The highest BCUT2D eigenvalue weighted by molar-refractivity contribution is 6.30. The summed E-state index contributed by atoms with van der Waals surface area (Å²) in [4.78, 5) is 26.0. The number of rotatable bonds is 5. The van der Waals surface area contributed by atoms with Gasteiger partial charge in [0.2, 0.25) is 5.91 Å². The molecule has 2 aromatic rings. The smallest absolute Gasteiger partial charge is 0.265 e. The topological polar surface area (TPSA) is 58.6 Å². The van der Waals surface area contributed by atoms with E-state index in [-0.39, 0.29) is 30.9 Å². The highest BCUT2D eigenvalue weighted by Gasteiger charge is 2.25. The van der Waals surface area contributed by atoms with E-state index in [1.807, 2.05) is 49.4 Å². The number of carbonyl (C=O) groups is 2. The molecule has 130 valence electrons. The van der Waals surface area contributed by atoms with Crippen LogP contribution in [-0.2, 0) is 9.59 Å². The Bertz CT molecular complexity index is 794. The molecule has 0 fully saturated rings. The third-order valence-corrected chi connectivity index (χ3v) is 4.33. The maximum Gasteiger partial charge on any atom is 0.265 e. The van der Waals surface area contributed by atoms with Gasteiger partial charge in [-0.25, -0.2) is 0 Å². The summed E-state index contributed by atoms with van der Waals surface area (Å²) in [5.41, 5.74) is 1.64. The van der Waals surface area contributed by atoms with Crippen LogP contribution in [0.3, 0.4) is 0 Å². The van der Waals surface area contributed by atoms with Crippen LogP contribution in [0.1, 0.15) is 24.9 Å². The van der Waals surface area contributed by atoms with Crippen LogP contribution in [0.25, 0.3) is 0 Å². The number of carbonyl (C=O) groups excluding carboxylic acids is 2. The first-order chi connectivity index (χ1) is 12.0. The van der Waals surface area contributed by atoms with Crippen LogP contribution in [0.4, 0.5) is 5.69 Å². The van der Waals surface area contributed by atoms with Crippen LogP contribution >= 0.6 is 11.6 Å². The van der Waals surface area contributed by atoms with Crippen molar-refractivity contribution < 1.29 is 14.3 Å². The van der Waals surface area contributed by atoms with Gasteiger partial charge in [0.25, 0.3) is 5.91 Å². The lowest BCUT2D eigenvalue weighted by Crippen LogP contribution is -2.41. The summed E-state index contributed by atoms with van der Waals surface area (Å²) in [5.74, 6) is 0.397. The number of fused-ring (bicyclic) bond motifs is 1. The molecule has 1 N–H and O–H groups in total. The first kappa shape index (κ1) is 17.3. The Morgan fingerprint density at radius 3 is 2.88 bits per heavy atom. The zero-order valence-corrected chi connectivity index (χ0v) is 14.6. The maximum atomic E-state index is 12.3. The number of halogens is 1. The van der Waals surface area contributed by atoms with Crippen LogP contribution in [0.2, 0.25) is 5.02 Å². The Kier molecular flexibility index (Phi) is 5.24. The Labute approximate surface area is 151 Å². The number of nitrogens with zero attached hydrogens (tertiary/aromatic N) is 1. The number of benzene rings is 2. The van der Waals surface area contributed by atoms with E-state index in [1.165, 1.54) is 0 Å². The molecule has 0 radical (unpaired) electrons. The molecular formula is C19H19ClN2O3. The molecule has 1 atom stereocenters. The van der Waals surface area contributed by atoms with Gasteiger partial charge in [-0.15, -0.1) is 0 Å². The number of ether oxygens (including phenoxy) is 1. The van der Waals surface area contributed by atoms with Crippen molar-refractivity contribution in [2.75, 3.05) is 18.1 Å². The van der Waals surface area contributed by atoms with Gasteiger partial charge in [0.1, 0.15) is 5.75 Å². The van der Waals surface area contributed by atoms with E-state index >= 15 is 0 Å². The number of nitrogens with one attached hydrogen (secondary N) is 1. The molecule has 5 nitrogen and oxygen atoms in total. The molecule has 0 spiro atoms. The predicted octanol–water partition coefficient (Wildman–Crippen LogP) is 3.33. The van der Waals surface area contributed by atoms with Crippen LogP contribution in [0.5, 0.6) is 5.75 Å². The van der Waals surface area contributed by atoms with Crippen molar-refractivity contribution in [3.8, 4) is 5.75 Å². The van der Waals surface area contributed by atoms with Crippen LogP contribution in [0, 0.1) is 0 Å². The van der Waals surface area contributed by atoms with Crippen LogP contribution < -0.4 is 15.0 Å². The van der Waals surface area contributed by atoms with Crippen molar-refractivity contribution in [3.63, 3.8) is 0 Å². The van der Waals surface area contributed by atoms with E-state index in [1.54, 1.807) is 11.0 Å². The highest BCUT2D eigenvalue weighted by atomic mass is 35.5. The molecule has 0 saturated heterocycles. The number of hydrogen-bond donors (Lipinski definition) is 1. The lowest BCUT2D eigenvalue weighted by atomic mass is 10.1. The van der Waals surface area contributed by atoms with Gasteiger partial charge in [-0.2, -0.15) is 0 Å². The summed E-state index contributed by atoms with van der Waals surface area (Å²) in [6.07, 6.45) is 0.213. The van der Waals surface area contributed by atoms with Gasteiger partial charge >= 0.3 is 0 Å². The van der Waals surface area contributed by atoms with Crippen molar-refractivity contribution in [2.24, 2.45) is 0 Å². The van der Waals surface area contributed by atoms with E-state index in [4.69, 9.17) is 16.3 Å². The molecule has 3 rings (SSSR count). The number of anilines is 1. The molecule has 6 heteroatoms. The summed E-state index contributed by atoms with van der Waals surface area (Å²) < 4.78 is 5.40. The van der Waals surface area contributed by atoms with Gasteiger partial charge in [0.05, 0.1) is 11.7 Å². The minimum Gasteiger partial charge on any atom is -0.482 e. The molecule has 1 heterocycles. The van der Waals surface area contributed by atoms with E-state index in [0.717, 1.165) is 5.56 Å². The first-order valence-corrected chi connectivity index (χ1v) is 8.49. The Balaban J connectivity index is 1.60. The summed E-state index contributed by atoms with van der Waals surface area (Å²) >= 11 is 5.98. The van der Waals surface area contributed by atoms with Crippen LogP contribution in [0.15, 0.2) is 48.5 Å². The summed E-state index contributed by atoms with van der Waals surface area (Å²) in [6.45, 7) is 2.21. The fraction of sp³-hybridized carbons (Fsp3) is 0.263. The van der Waals surface area contributed by atoms with Crippen molar-refractivity contribution in [3.05, 3.63) is 59.1 Å². The summed E-state index contributed by atoms with van der Waals surface area (Å²) in [7, 11) is 0. The predicted molar refractivity (Wildman–Crippen MR) is 96.9 cm³/mol. The van der Waals surface area contributed by atoms with Gasteiger partial charge in [-0.05, 0) is 36.8 Å². The molecule has 0 aromatic heterocycles. The number of amides is 2. The zero-order chi connectivity index (χ0) is 17.8. The second kappa shape index (κ2) is 7.57. The van der Waals surface area contributed by atoms with Crippen molar-refractivity contribution in [1.82, 2.24) is 5.32 Å². The average Bonchev–Trinajstić information content (AvgIpc) is 2.61. The monoisotopic (exact) mass is 358 g/mol. The van der Waals surface area contributed by atoms with Crippen molar-refractivity contribution in [2.45, 2.75) is 19.4 Å². The molecule has 2 amide bonds. The van der Waals surface area contributed by atoms with Gasteiger partial charge in [0.15, 0.2) is 6.61 Å². The van der Waals surface area contributed by atoms with E-state index in [9.17, 15) is 9.59 Å². The largest absolute Gasteiger partial charge is 0.482 e. The van der Waals surface area contributed by atoms with Gasteiger partial charge in [-0.3, -0.25) is 9.59 Å².